The Bertz CT molecular complexity index is 547. The molecule has 4 nitrogen and oxygen atoms in total. The number of rotatable bonds is 7. The number of halogens is 1. The first-order valence-electron chi connectivity index (χ1n) is 7.96. The lowest BCUT2D eigenvalue weighted by Crippen LogP contribution is -2.49. The second-order valence-corrected chi connectivity index (χ2v) is 7.62. The number of carbonyl (C=O) groups excluding carboxylic acids is 2. The normalized spacial score (nSPS) is 16.1. The van der Waals surface area contributed by atoms with E-state index < -0.39 is 6.04 Å². The van der Waals surface area contributed by atoms with E-state index in [2.05, 4.69) is 26.6 Å². The van der Waals surface area contributed by atoms with Crippen LogP contribution in [0.25, 0.3) is 0 Å². The quantitative estimate of drug-likeness (QED) is 0.739. The van der Waals surface area contributed by atoms with Crippen molar-refractivity contribution in [2.75, 3.05) is 12.0 Å². The van der Waals surface area contributed by atoms with Crippen LogP contribution in [-0.4, -0.2) is 35.9 Å². The number of hydrogen-bond acceptors (Lipinski definition) is 3. The van der Waals surface area contributed by atoms with Crippen LogP contribution < -0.4 is 10.6 Å². The van der Waals surface area contributed by atoms with Crippen molar-refractivity contribution in [3.05, 3.63) is 34.3 Å². The smallest absolute Gasteiger partial charge is 0.253 e. The topological polar surface area (TPSA) is 58.2 Å². The highest BCUT2D eigenvalue weighted by molar-refractivity contribution is 9.10. The largest absolute Gasteiger partial charge is 0.352 e. The monoisotopic (exact) mass is 398 g/mol. The van der Waals surface area contributed by atoms with Gasteiger partial charge in [-0.2, -0.15) is 11.8 Å². The van der Waals surface area contributed by atoms with Crippen LogP contribution in [0.15, 0.2) is 28.7 Å². The molecular weight excluding hydrogens is 376 g/mol. The van der Waals surface area contributed by atoms with E-state index in [9.17, 15) is 9.59 Å². The third-order valence-corrected chi connectivity index (χ3v) is 5.39. The minimum absolute atomic E-state index is 0.0636. The molecule has 1 aromatic carbocycles. The highest BCUT2D eigenvalue weighted by Crippen LogP contribution is 2.19. The van der Waals surface area contributed by atoms with Gasteiger partial charge >= 0.3 is 0 Å². The summed E-state index contributed by atoms with van der Waals surface area (Å²) in [5.41, 5.74) is 0.551. The predicted molar refractivity (Wildman–Crippen MR) is 98.8 cm³/mol. The average Bonchev–Trinajstić information content (AvgIpc) is 3.04. The third kappa shape index (κ3) is 5.53. The van der Waals surface area contributed by atoms with Gasteiger partial charge in [-0.25, -0.2) is 0 Å². The van der Waals surface area contributed by atoms with Gasteiger partial charge in [-0.3, -0.25) is 9.59 Å². The summed E-state index contributed by atoms with van der Waals surface area (Å²) in [6, 6.07) is 7.03. The van der Waals surface area contributed by atoms with Crippen LogP contribution in [0, 0.1) is 0 Å². The summed E-state index contributed by atoms with van der Waals surface area (Å²) in [7, 11) is 0. The number of hydrogen-bond donors (Lipinski definition) is 2. The van der Waals surface area contributed by atoms with Gasteiger partial charge in [0.1, 0.15) is 6.04 Å². The van der Waals surface area contributed by atoms with Crippen molar-refractivity contribution >= 4 is 39.5 Å². The number of nitrogens with one attached hydrogen (secondary N) is 2. The van der Waals surface area contributed by atoms with Crippen LogP contribution in [0.4, 0.5) is 0 Å². The van der Waals surface area contributed by atoms with Gasteiger partial charge in [0, 0.05) is 10.5 Å². The fraction of sp³-hybridized carbons (Fsp3) is 0.529. The molecule has 1 atom stereocenters. The average molecular weight is 399 g/mol. The van der Waals surface area contributed by atoms with E-state index in [1.165, 1.54) is 12.8 Å². The molecule has 2 N–H and O–H groups in total. The first kappa shape index (κ1) is 18.3. The molecule has 1 aromatic rings. The fourth-order valence-electron chi connectivity index (χ4n) is 2.76. The van der Waals surface area contributed by atoms with Crippen molar-refractivity contribution in [3.8, 4) is 0 Å². The van der Waals surface area contributed by atoms with E-state index in [1.54, 1.807) is 17.8 Å². The number of benzene rings is 1. The standard InChI is InChI=1S/C17H23BrN2O2S/c1-23-11-10-15(17(22)19-12-6-2-3-7-12)20-16(21)13-8-4-5-9-14(13)18/h4-5,8-9,12,15H,2-3,6-7,10-11H2,1H3,(H,19,22)(H,20,21)/t15-/m1/s1. The molecular formula is C17H23BrN2O2S. The van der Waals surface area contributed by atoms with Crippen molar-refractivity contribution in [1.82, 2.24) is 10.6 Å². The predicted octanol–water partition coefficient (Wildman–Crippen LogP) is 3.36. The van der Waals surface area contributed by atoms with E-state index >= 15 is 0 Å². The minimum Gasteiger partial charge on any atom is -0.352 e. The van der Waals surface area contributed by atoms with Crippen molar-refractivity contribution in [2.24, 2.45) is 0 Å². The molecule has 0 saturated heterocycles. The molecule has 23 heavy (non-hydrogen) atoms. The maximum Gasteiger partial charge on any atom is 0.253 e. The Balaban J connectivity index is 2.00. The molecule has 1 fully saturated rings. The molecule has 0 aromatic heterocycles. The van der Waals surface area contributed by atoms with Gasteiger partial charge in [-0.15, -0.1) is 0 Å². The number of carbonyl (C=O) groups is 2. The molecule has 1 aliphatic carbocycles. The molecule has 126 valence electrons. The lowest BCUT2D eigenvalue weighted by atomic mass is 10.1. The zero-order chi connectivity index (χ0) is 16.7. The van der Waals surface area contributed by atoms with Crippen molar-refractivity contribution in [1.29, 1.82) is 0 Å². The highest BCUT2D eigenvalue weighted by Gasteiger charge is 2.25. The Morgan fingerprint density at radius 1 is 1.30 bits per heavy atom. The van der Waals surface area contributed by atoms with Gasteiger partial charge in [0.05, 0.1) is 5.56 Å². The lowest BCUT2D eigenvalue weighted by molar-refractivity contribution is -0.123. The molecule has 0 aliphatic heterocycles. The van der Waals surface area contributed by atoms with E-state index in [4.69, 9.17) is 0 Å². The fourth-order valence-corrected chi connectivity index (χ4v) is 3.69. The zero-order valence-electron chi connectivity index (χ0n) is 13.3. The van der Waals surface area contributed by atoms with E-state index in [-0.39, 0.29) is 17.9 Å². The van der Waals surface area contributed by atoms with Gasteiger partial charge < -0.3 is 10.6 Å². The molecule has 2 rings (SSSR count). The summed E-state index contributed by atoms with van der Waals surface area (Å²) < 4.78 is 0.734. The van der Waals surface area contributed by atoms with Crippen LogP contribution in [0.3, 0.4) is 0 Å². The minimum atomic E-state index is -0.484. The van der Waals surface area contributed by atoms with Crippen LogP contribution in [0.2, 0.25) is 0 Å². The van der Waals surface area contributed by atoms with Crippen LogP contribution in [0.5, 0.6) is 0 Å². The SMILES string of the molecule is CSCC[C@@H](NC(=O)c1ccccc1Br)C(=O)NC1CCCC1. The molecule has 0 heterocycles. The zero-order valence-corrected chi connectivity index (χ0v) is 15.7. The Hall–Kier alpha value is -1.01. The molecule has 0 unspecified atom stereocenters. The highest BCUT2D eigenvalue weighted by atomic mass is 79.9. The molecule has 0 spiro atoms. The summed E-state index contributed by atoms with van der Waals surface area (Å²) in [4.78, 5) is 25.0. The van der Waals surface area contributed by atoms with Gasteiger partial charge in [-0.1, -0.05) is 25.0 Å². The number of thioether (sulfide) groups is 1. The summed E-state index contributed by atoms with van der Waals surface area (Å²) >= 11 is 5.06. The van der Waals surface area contributed by atoms with E-state index in [0.717, 1.165) is 23.1 Å². The molecule has 0 bridgehead atoms. The summed E-state index contributed by atoms with van der Waals surface area (Å²) in [5, 5.41) is 5.97. The van der Waals surface area contributed by atoms with Crippen LogP contribution in [-0.2, 0) is 4.79 Å². The van der Waals surface area contributed by atoms with Gasteiger partial charge in [0.2, 0.25) is 5.91 Å². The van der Waals surface area contributed by atoms with Gasteiger partial charge in [-0.05, 0) is 59.3 Å². The van der Waals surface area contributed by atoms with Gasteiger partial charge in [0.25, 0.3) is 5.91 Å². The Morgan fingerprint density at radius 2 is 2.00 bits per heavy atom. The molecule has 1 saturated carbocycles. The van der Waals surface area contributed by atoms with Crippen molar-refractivity contribution in [3.63, 3.8) is 0 Å². The van der Waals surface area contributed by atoms with Gasteiger partial charge in [0.15, 0.2) is 0 Å². The second-order valence-electron chi connectivity index (χ2n) is 5.78. The second kappa shape index (κ2) is 9.33. The van der Waals surface area contributed by atoms with Crippen LogP contribution in [0.1, 0.15) is 42.5 Å². The summed E-state index contributed by atoms with van der Waals surface area (Å²) in [5.74, 6) is 0.551. The Kier molecular flexibility index (Phi) is 7.43. The molecule has 1 aliphatic rings. The van der Waals surface area contributed by atoms with Crippen molar-refractivity contribution < 1.29 is 9.59 Å². The first-order chi connectivity index (χ1) is 11.1. The summed E-state index contributed by atoms with van der Waals surface area (Å²) in [6.07, 6.45) is 7.06. The van der Waals surface area contributed by atoms with Crippen LogP contribution >= 0.6 is 27.7 Å². The van der Waals surface area contributed by atoms with Crippen molar-refractivity contribution in [2.45, 2.75) is 44.2 Å². The lowest BCUT2D eigenvalue weighted by Gasteiger charge is -2.21. The molecule has 0 radical (unpaired) electrons. The maximum atomic E-state index is 12.5. The van der Waals surface area contributed by atoms with E-state index in [0.29, 0.717) is 12.0 Å². The third-order valence-electron chi connectivity index (χ3n) is 4.05. The van der Waals surface area contributed by atoms with E-state index in [1.807, 2.05) is 24.5 Å². The number of amides is 2. The Morgan fingerprint density at radius 3 is 2.65 bits per heavy atom. The first-order valence-corrected chi connectivity index (χ1v) is 10.1. The molecule has 2 amide bonds. The molecule has 6 heteroatoms. The maximum absolute atomic E-state index is 12.5. The summed E-state index contributed by atoms with van der Waals surface area (Å²) in [6.45, 7) is 0. The Labute approximate surface area is 150 Å².